The number of carboxylic acid groups (broad SMARTS) is 1. The highest BCUT2D eigenvalue weighted by atomic mass is 79.9. The van der Waals surface area contributed by atoms with Crippen LogP contribution in [-0.2, 0) is 15.0 Å². The smallest absolute Gasteiger partial charge is 0.315 e. The number of phenolic OH excluding ortho intramolecular Hbond substituents is 1. The van der Waals surface area contributed by atoms with Crippen LogP contribution in [0.15, 0.2) is 22.7 Å². The van der Waals surface area contributed by atoms with E-state index in [-0.39, 0.29) is 24.4 Å². The number of aliphatic carboxylic acids is 1. The quantitative estimate of drug-likeness (QED) is 0.869. The molecule has 0 amide bonds. The Hall–Kier alpha value is -1.36. The Bertz CT molecular complexity index is 473. The maximum atomic E-state index is 11.3. The van der Waals surface area contributed by atoms with Gasteiger partial charge in [0.25, 0.3) is 0 Å². The summed E-state index contributed by atoms with van der Waals surface area (Å²) in [6.45, 7) is 0. The van der Waals surface area contributed by atoms with Crippen molar-refractivity contribution < 1.29 is 19.8 Å². The second-order valence-electron chi connectivity index (χ2n) is 3.94. The molecule has 1 aromatic carbocycles. The van der Waals surface area contributed by atoms with Gasteiger partial charge in [-0.15, -0.1) is 0 Å². The number of halogens is 1. The van der Waals surface area contributed by atoms with Crippen molar-refractivity contribution >= 4 is 27.7 Å². The Morgan fingerprint density at radius 3 is 2.50 bits per heavy atom. The van der Waals surface area contributed by atoms with Crippen LogP contribution in [0.5, 0.6) is 5.75 Å². The number of carbonyl (C=O) groups excluding carboxylic acids is 1. The minimum absolute atomic E-state index is 0.00169. The average molecular weight is 285 g/mol. The van der Waals surface area contributed by atoms with Gasteiger partial charge in [-0.1, -0.05) is 15.9 Å². The summed E-state index contributed by atoms with van der Waals surface area (Å²) in [6.07, 6.45) is -0.0191. The highest BCUT2D eigenvalue weighted by Gasteiger charge is 2.52. The molecule has 1 aliphatic carbocycles. The monoisotopic (exact) mass is 284 g/mol. The number of Topliss-reactive ketones (excluding diaryl/α,β-unsaturated/α-hetero) is 1. The number of hydrogen-bond donors (Lipinski definition) is 2. The third-order valence-corrected chi connectivity index (χ3v) is 3.56. The van der Waals surface area contributed by atoms with E-state index in [1.807, 2.05) is 0 Å². The van der Waals surface area contributed by atoms with Crippen molar-refractivity contribution in [1.29, 1.82) is 0 Å². The number of ketones is 1. The predicted octanol–water partition coefficient (Wildman–Crippen LogP) is 1.84. The Morgan fingerprint density at radius 2 is 2.00 bits per heavy atom. The number of carbonyl (C=O) groups is 2. The zero-order chi connectivity index (χ0) is 11.9. The van der Waals surface area contributed by atoms with Crippen LogP contribution in [0.25, 0.3) is 0 Å². The van der Waals surface area contributed by atoms with Crippen molar-refractivity contribution in [3.8, 4) is 5.75 Å². The molecule has 2 rings (SSSR count). The Balaban J connectivity index is 2.52. The number of phenols is 1. The highest BCUT2D eigenvalue weighted by molar-refractivity contribution is 9.10. The maximum absolute atomic E-state index is 11.3. The van der Waals surface area contributed by atoms with E-state index in [2.05, 4.69) is 15.9 Å². The van der Waals surface area contributed by atoms with Gasteiger partial charge in [0.05, 0.1) is 0 Å². The molecule has 1 saturated carbocycles. The van der Waals surface area contributed by atoms with Crippen LogP contribution in [-0.4, -0.2) is 22.0 Å². The molecule has 0 heterocycles. The van der Waals surface area contributed by atoms with Crippen molar-refractivity contribution in [1.82, 2.24) is 0 Å². The summed E-state index contributed by atoms with van der Waals surface area (Å²) in [6, 6.07) is 4.44. The fraction of sp³-hybridized carbons (Fsp3) is 0.273. The summed E-state index contributed by atoms with van der Waals surface area (Å²) < 4.78 is 0.597. The number of benzene rings is 1. The van der Waals surface area contributed by atoms with E-state index in [0.717, 1.165) is 0 Å². The van der Waals surface area contributed by atoms with Crippen molar-refractivity contribution in [3.05, 3.63) is 28.2 Å². The number of rotatable bonds is 2. The van der Waals surface area contributed by atoms with E-state index in [9.17, 15) is 19.8 Å². The molecule has 1 fully saturated rings. The second kappa shape index (κ2) is 3.59. The first-order valence-corrected chi connectivity index (χ1v) is 5.49. The van der Waals surface area contributed by atoms with Crippen LogP contribution < -0.4 is 0 Å². The third-order valence-electron chi connectivity index (χ3n) is 2.87. The largest absolute Gasteiger partial charge is 0.508 e. The van der Waals surface area contributed by atoms with Crippen LogP contribution in [0, 0.1) is 0 Å². The predicted molar refractivity (Wildman–Crippen MR) is 59.4 cm³/mol. The number of hydrogen-bond acceptors (Lipinski definition) is 3. The van der Waals surface area contributed by atoms with E-state index < -0.39 is 11.4 Å². The molecule has 0 saturated heterocycles. The van der Waals surface area contributed by atoms with Crippen molar-refractivity contribution in [3.63, 3.8) is 0 Å². The molecule has 0 bridgehead atoms. The highest BCUT2D eigenvalue weighted by Crippen LogP contribution is 2.45. The molecule has 1 aromatic rings. The summed E-state index contributed by atoms with van der Waals surface area (Å²) in [5, 5.41) is 18.6. The first-order valence-electron chi connectivity index (χ1n) is 4.70. The van der Waals surface area contributed by atoms with E-state index in [4.69, 9.17) is 0 Å². The van der Waals surface area contributed by atoms with Gasteiger partial charge in [-0.3, -0.25) is 9.59 Å². The van der Waals surface area contributed by atoms with E-state index >= 15 is 0 Å². The molecule has 0 radical (unpaired) electrons. The van der Waals surface area contributed by atoms with Crippen molar-refractivity contribution in [2.75, 3.05) is 0 Å². The van der Waals surface area contributed by atoms with Gasteiger partial charge >= 0.3 is 5.97 Å². The van der Waals surface area contributed by atoms with Crippen LogP contribution in [0.1, 0.15) is 18.4 Å². The fourth-order valence-corrected chi connectivity index (χ4v) is 2.58. The minimum Gasteiger partial charge on any atom is -0.508 e. The zero-order valence-electron chi connectivity index (χ0n) is 8.24. The molecule has 0 atom stereocenters. The summed E-state index contributed by atoms with van der Waals surface area (Å²) >= 11 is 3.24. The molecule has 0 aliphatic heterocycles. The van der Waals surface area contributed by atoms with E-state index in [1.165, 1.54) is 12.1 Å². The van der Waals surface area contributed by atoms with Gasteiger partial charge in [0.2, 0.25) is 0 Å². The summed E-state index contributed by atoms with van der Waals surface area (Å²) in [5.41, 5.74) is -0.714. The molecule has 0 spiro atoms. The summed E-state index contributed by atoms with van der Waals surface area (Å²) in [5.74, 6) is -1.10. The van der Waals surface area contributed by atoms with Crippen LogP contribution in [0.2, 0.25) is 0 Å². The van der Waals surface area contributed by atoms with Crippen LogP contribution in [0.3, 0.4) is 0 Å². The van der Waals surface area contributed by atoms with Gasteiger partial charge in [-0.25, -0.2) is 0 Å². The third kappa shape index (κ3) is 1.51. The van der Waals surface area contributed by atoms with Gasteiger partial charge in [0, 0.05) is 17.3 Å². The first kappa shape index (κ1) is 11.1. The van der Waals surface area contributed by atoms with Crippen molar-refractivity contribution in [2.45, 2.75) is 18.3 Å². The SMILES string of the molecule is O=C1CC(C(=O)O)(c2cc(O)ccc2Br)C1. The lowest BCUT2D eigenvalue weighted by molar-refractivity contribution is -0.153. The fourth-order valence-electron chi connectivity index (χ4n) is 1.96. The first-order chi connectivity index (χ1) is 7.45. The molecule has 84 valence electrons. The average Bonchev–Trinajstić information content (AvgIpc) is 2.16. The molecule has 0 aromatic heterocycles. The molecule has 16 heavy (non-hydrogen) atoms. The van der Waals surface area contributed by atoms with Gasteiger partial charge in [-0.2, -0.15) is 0 Å². The van der Waals surface area contributed by atoms with E-state index in [0.29, 0.717) is 10.0 Å². The molecular weight excluding hydrogens is 276 g/mol. The Labute approximate surface area is 100 Å². The minimum atomic E-state index is -1.17. The van der Waals surface area contributed by atoms with Gasteiger partial charge in [0.1, 0.15) is 16.9 Å². The molecule has 2 N–H and O–H groups in total. The lowest BCUT2D eigenvalue weighted by Crippen LogP contribution is -2.48. The lowest BCUT2D eigenvalue weighted by Gasteiger charge is -2.37. The normalized spacial score (nSPS) is 17.9. The Kier molecular flexibility index (Phi) is 2.50. The van der Waals surface area contributed by atoms with E-state index in [1.54, 1.807) is 6.07 Å². The van der Waals surface area contributed by atoms with Gasteiger partial charge in [0.15, 0.2) is 0 Å². The molecule has 1 aliphatic rings. The number of aromatic hydroxyl groups is 1. The van der Waals surface area contributed by atoms with Gasteiger partial charge < -0.3 is 10.2 Å². The number of carboxylic acids is 1. The molecule has 5 heteroatoms. The zero-order valence-corrected chi connectivity index (χ0v) is 9.82. The lowest BCUT2D eigenvalue weighted by atomic mass is 9.63. The van der Waals surface area contributed by atoms with Crippen LogP contribution in [0.4, 0.5) is 0 Å². The molecule has 0 unspecified atom stereocenters. The molecular formula is C11H9BrO4. The van der Waals surface area contributed by atoms with Crippen LogP contribution >= 0.6 is 15.9 Å². The standard InChI is InChI=1S/C11H9BrO4/c12-9-2-1-6(13)3-8(9)11(10(15)16)4-7(14)5-11/h1-3,13H,4-5H2,(H,15,16). The Morgan fingerprint density at radius 1 is 1.38 bits per heavy atom. The maximum Gasteiger partial charge on any atom is 0.315 e. The molecule has 4 nitrogen and oxygen atoms in total. The topological polar surface area (TPSA) is 74.6 Å². The summed E-state index contributed by atoms with van der Waals surface area (Å²) in [7, 11) is 0. The summed E-state index contributed by atoms with van der Waals surface area (Å²) in [4.78, 5) is 22.3. The van der Waals surface area contributed by atoms with Gasteiger partial charge in [-0.05, 0) is 23.8 Å². The van der Waals surface area contributed by atoms with Crippen molar-refractivity contribution in [2.24, 2.45) is 0 Å². The second-order valence-corrected chi connectivity index (χ2v) is 4.80.